The predicted molar refractivity (Wildman–Crippen MR) is 78.0 cm³/mol. The maximum Gasteiger partial charge on any atom is 0.104 e. The van der Waals surface area contributed by atoms with E-state index in [9.17, 15) is 5.11 Å². The minimum atomic E-state index is -0.199. The van der Waals surface area contributed by atoms with E-state index in [1.807, 2.05) is 18.2 Å². The molecule has 1 heterocycles. The molecule has 0 aliphatic carbocycles. The van der Waals surface area contributed by atoms with Crippen molar-refractivity contribution in [3.05, 3.63) is 60.2 Å². The Balaban J connectivity index is 1.85. The Hall–Kier alpha value is -2.15. The zero-order chi connectivity index (χ0) is 13.9. The van der Waals surface area contributed by atoms with Gasteiger partial charge in [-0.05, 0) is 16.7 Å². The van der Waals surface area contributed by atoms with Crippen molar-refractivity contribution < 1.29 is 5.11 Å². The highest BCUT2D eigenvalue weighted by atomic mass is 16.3. The standard InChI is InChI=1S/C17H16N2O/c18-10-15-17(16(11-20)19-15)14-8-6-13(7-9-14)12-4-2-1-3-5-12/h1-9,15-17,19-20H,11H2/t15?,16-,17+/m1/s1. The van der Waals surface area contributed by atoms with Crippen LogP contribution >= 0.6 is 0 Å². The number of aliphatic hydroxyl groups is 1. The number of nitriles is 1. The van der Waals surface area contributed by atoms with Crippen LogP contribution in [-0.4, -0.2) is 23.8 Å². The van der Waals surface area contributed by atoms with Crippen LogP contribution in [0.25, 0.3) is 11.1 Å². The number of nitrogens with zero attached hydrogens (tertiary/aromatic N) is 1. The molecular formula is C17H16N2O. The van der Waals surface area contributed by atoms with Crippen LogP contribution in [-0.2, 0) is 0 Å². The topological polar surface area (TPSA) is 56.0 Å². The highest BCUT2D eigenvalue weighted by Crippen LogP contribution is 2.32. The van der Waals surface area contributed by atoms with Gasteiger partial charge in [-0.15, -0.1) is 0 Å². The number of hydrogen-bond donors (Lipinski definition) is 2. The van der Waals surface area contributed by atoms with E-state index in [0.29, 0.717) is 0 Å². The highest BCUT2D eigenvalue weighted by Gasteiger charge is 2.40. The Morgan fingerprint density at radius 3 is 2.25 bits per heavy atom. The molecular weight excluding hydrogens is 248 g/mol. The number of nitrogens with one attached hydrogen (secondary N) is 1. The van der Waals surface area contributed by atoms with Crippen molar-refractivity contribution >= 4 is 0 Å². The van der Waals surface area contributed by atoms with Gasteiger partial charge in [0.25, 0.3) is 0 Å². The molecule has 0 spiro atoms. The van der Waals surface area contributed by atoms with Crippen LogP contribution in [0, 0.1) is 11.3 Å². The zero-order valence-corrected chi connectivity index (χ0v) is 11.0. The number of hydrogen-bond acceptors (Lipinski definition) is 3. The summed E-state index contributed by atoms with van der Waals surface area (Å²) in [6.45, 7) is 0.0588. The second-order valence-corrected chi connectivity index (χ2v) is 5.08. The maximum atomic E-state index is 9.29. The zero-order valence-electron chi connectivity index (χ0n) is 11.0. The van der Waals surface area contributed by atoms with Gasteiger partial charge in [0.15, 0.2) is 0 Å². The molecule has 2 aromatic rings. The molecule has 100 valence electrons. The lowest BCUT2D eigenvalue weighted by Crippen LogP contribution is -2.60. The van der Waals surface area contributed by atoms with Gasteiger partial charge in [-0.25, -0.2) is 0 Å². The van der Waals surface area contributed by atoms with Gasteiger partial charge >= 0.3 is 0 Å². The highest BCUT2D eigenvalue weighted by molar-refractivity contribution is 5.63. The van der Waals surface area contributed by atoms with Gasteiger partial charge in [0.2, 0.25) is 0 Å². The molecule has 1 fully saturated rings. The summed E-state index contributed by atoms with van der Waals surface area (Å²) in [6.07, 6.45) is 0. The van der Waals surface area contributed by atoms with Crippen molar-refractivity contribution in [3.8, 4) is 17.2 Å². The summed E-state index contributed by atoms with van der Waals surface area (Å²) in [4.78, 5) is 0. The maximum absolute atomic E-state index is 9.29. The van der Waals surface area contributed by atoms with Gasteiger partial charge in [-0.3, -0.25) is 5.32 Å². The fourth-order valence-corrected chi connectivity index (χ4v) is 2.79. The van der Waals surface area contributed by atoms with E-state index in [-0.39, 0.29) is 24.6 Å². The van der Waals surface area contributed by atoms with E-state index in [0.717, 1.165) is 11.1 Å². The van der Waals surface area contributed by atoms with Crippen LogP contribution < -0.4 is 5.32 Å². The van der Waals surface area contributed by atoms with Crippen molar-refractivity contribution in [1.82, 2.24) is 5.32 Å². The lowest BCUT2D eigenvalue weighted by Gasteiger charge is -2.41. The van der Waals surface area contributed by atoms with Crippen LogP contribution in [0.2, 0.25) is 0 Å². The van der Waals surface area contributed by atoms with Crippen LogP contribution in [0.5, 0.6) is 0 Å². The largest absolute Gasteiger partial charge is 0.395 e. The van der Waals surface area contributed by atoms with Gasteiger partial charge in [-0.1, -0.05) is 54.6 Å². The number of aliphatic hydroxyl groups excluding tert-OH is 1. The van der Waals surface area contributed by atoms with Crippen LogP contribution in [0.15, 0.2) is 54.6 Å². The fraction of sp³-hybridized carbons (Fsp3) is 0.235. The summed E-state index contributed by atoms with van der Waals surface area (Å²) in [7, 11) is 0. The second-order valence-electron chi connectivity index (χ2n) is 5.08. The smallest absolute Gasteiger partial charge is 0.104 e. The Labute approximate surface area is 118 Å². The summed E-state index contributed by atoms with van der Waals surface area (Å²) in [6, 6.07) is 20.5. The Bertz CT molecular complexity index is 616. The minimum Gasteiger partial charge on any atom is -0.395 e. The fourth-order valence-electron chi connectivity index (χ4n) is 2.79. The summed E-state index contributed by atoms with van der Waals surface area (Å²) in [5, 5.41) is 21.4. The van der Waals surface area contributed by atoms with Crippen molar-refractivity contribution in [3.63, 3.8) is 0 Å². The van der Waals surface area contributed by atoms with E-state index >= 15 is 0 Å². The first-order valence-electron chi connectivity index (χ1n) is 6.75. The summed E-state index contributed by atoms with van der Waals surface area (Å²) in [5.74, 6) is 0.0785. The van der Waals surface area contributed by atoms with E-state index in [2.05, 4.69) is 47.8 Å². The Morgan fingerprint density at radius 2 is 1.65 bits per heavy atom. The molecule has 20 heavy (non-hydrogen) atoms. The average molecular weight is 264 g/mol. The predicted octanol–water partition coefficient (Wildman–Crippen LogP) is 2.29. The molecule has 0 radical (unpaired) electrons. The summed E-state index contributed by atoms with van der Waals surface area (Å²) < 4.78 is 0. The van der Waals surface area contributed by atoms with Gasteiger partial charge in [-0.2, -0.15) is 5.26 Å². The average Bonchev–Trinajstić information content (AvgIpc) is 2.49. The molecule has 0 aromatic heterocycles. The first kappa shape index (κ1) is 12.9. The Morgan fingerprint density at radius 1 is 1.00 bits per heavy atom. The van der Waals surface area contributed by atoms with Gasteiger partial charge in [0, 0.05) is 12.0 Å². The van der Waals surface area contributed by atoms with Gasteiger partial charge in [0.1, 0.15) is 6.04 Å². The van der Waals surface area contributed by atoms with Crippen molar-refractivity contribution in [2.45, 2.75) is 18.0 Å². The molecule has 0 bridgehead atoms. The molecule has 0 amide bonds. The van der Waals surface area contributed by atoms with Gasteiger partial charge < -0.3 is 5.11 Å². The number of benzene rings is 2. The molecule has 1 aliphatic rings. The molecule has 3 atom stereocenters. The molecule has 1 saturated heterocycles. The monoisotopic (exact) mass is 264 g/mol. The van der Waals surface area contributed by atoms with E-state index in [1.54, 1.807) is 0 Å². The van der Waals surface area contributed by atoms with E-state index < -0.39 is 0 Å². The van der Waals surface area contributed by atoms with Crippen LogP contribution in [0.3, 0.4) is 0 Å². The molecule has 2 aromatic carbocycles. The lowest BCUT2D eigenvalue weighted by molar-refractivity contribution is 0.151. The molecule has 1 unspecified atom stereocenters. The molecule has 1 aliphatic heterocycles. The molecule has 3 heteroatoms. The molecule has 3 nitrogen and oxygen atoms in total. The first-order valence-corrected chi connectivity index (χ1v) is 6.75. The van der Waals surface area contributed by atoms with E-state index in [4.69, 9.17) is 5.26 Å². The minimum absolute atomic E-state index is 0.0118. The van der Waals surface area contributed by atoms with Crippen molar-refractivity contribution in [2.75, 3.05) is 6.61 Å². The Kier molecular flexibility index (Phi) is 3.51. The van der Waals surface area contributed by atoms with Crippen molar-refractivity contribution in [1.29, 1.82) is 5.26 Å². The normalized spacial score (nSPS) is 24.7. The SMILES string of the molecule is N#CC1N[C@H](CO)[C@H]1c1ccc(-c2ccccc2)cc1. The van der Waals surface area contributed by atoms with E-state index in [1.165, 1.54) is 5.56 Å². The third-order valence-corrected chi connectivity index (χ3v) is 3.92. The molecule has 2 N–H and O–H groups in total. The quantitative estimate of drug-likeness (QED) is 0.894. The lowest BCUT2D eigenvalue weighted by atomic mass is 9.78. The second kappa shape index (κ2) is 5.46. The van der Waals surface area contributed by atoms with Crippen molar-refractivity contribution in [2.24, 2.45) is 0 Å². The summed E-state index contributed by atoms with van der Waals surface area (Å²) in [5.41, 5.74) is 3.45. The van der Waals surface area contributed by atoms with Gasteiger partial charge in [0.05, 0.1) is 12.7 Å². The molecule has 3 rings (SSSR count). The first-order chi connectivity index (χ1) is 9.83. The number of rotatable bonds is 3. The third-order valence-electron chi connectivity index (χ3n) is 3.92. The van der Waals surface area contributed by atoms with Crippen LogP contribution in [0.4, 0.5) is 0 Å². The molecule has 0 saturated carbocycles. The summed E-state index contributed by atoms with van der Waals surface area (Å²) >= 11 is 0. The van der Waals surface area contributed by atoms with Crippen LogP contribution in [0.1, 0.15) is 11.5 Å². The third kappa shape index (κ3) is 2.20.